The zero-order chi connectivity index (χ0) is 20.3. The first kappa shape index (κ1) is 18.7. The summed E-state index contributed by atoms with van der Waals surface area (Å²) in [7, 11) is 0. The molecule has 0 saturated heterocycles. The molecule has 5 aromatic rings. The Morgan fingerprint density at radius 2 is 1.90 bits per heavy atom. The van der Waals surface area contributed by atoms with Crippen LogP contribution in [0, 0.1) is 0 Å². The standard InChI is InChI=1S/C23H16ClN5S/c24-21-18(8-11-30-21)15-6-7-20-19(12-15)23(27-14-17-5-1-2-10-26-17)29-22(28-20)16-4-3-9-25-13-16/h1-13H,14H2,(H,27,28,29). The Morgan fingerprint density at radius 3 is 2.67 bits per heavy atom. The van der Waals surface area contributed by atoms with E-state index in [4.69, 9.17) is 21.6 Å². The van der Waals surface area contributed by atoms with E-state index in [9.17, 15) is 0 Å². The lowest BCUT2D eigenvalue weighted by molar-refractivity contribution is 1.03. The molecule has 4 aromatic heterocycles. The van der Waals surface area contributed by atoms with Crippen LogP contribution in [-0.4, -0.2) is 19.9 Å². The van der Waals surface area contributed by atoms with Gasteiger partial charge in [-0.2, -0.15) is 0 Å². The zero-order valence-corrected chi connectivity index (χ0v) is 17.4. The predicted octanol–water partition coefficient (Wildman–Crippen LogP) is 6.08. The van der Waals surface area contributed by atoms with E-state index < -0.39 is 0 Å². The fraction of sp³-hybridized carbons (Fsp3) is 0.0435. The molecule has 0 saturated carbocycles. The van der Waals surface area contributed by atoms with Crippen molar-refractivity contribution in [2.45, 2.75) is 6.54 Å². The van der Waals surface area contributed by atoms with Gasteiger partial charge in [-0.3, -0.25) is 9.97 Å². The van der Waals surface area contributed by atoms with E-state index in [2.05, 4.69) is 21.4 Å². The van der Waals surface area contributed by atoms with E-state index in [1.54, 1.807) is 18.6 Å². The average Bonchev–Trinajstić information content (AvgIpc) is 3.24. The number of nitrogens with zero attached hydrogens (tertiary/aromatic N) is 4. The summed E-state index contributed by atoms with van der Waals surface area (Å²) < 4.78 is 0.769. The molecule has 0 fully saturated rings. The summed E-state index contributed by atoms with van der Waals surface area (Å²) in [4.78, 5) is 18.2. The number of nitrogens with one attached hydrogen (secondary N) is 1. The summed E-state index contributed by atoms with van der Waals surface area (Å²) in [5, 5.41) is 6.36. The molecule has 0 spiro atoms. The monoisotopic (exact) mass is 429 g/mol. The summed E-state index contributed by atoms with van der Waals surface area (Å²) in [6.45, 7) is 0.558. The maximum atomic E-state index is 6.37. The van der Waals surface area contributed by atoms with Crippen molar-refractivity contribution in [2.75, 3.05) is 5.32 Å². The van der Waals surface area contributed by atoms with Crippen molar-refractivity contribution in [1.29, 1.82) is 0 Å². The number of thiophene rings is 1. The van der Waals surface area contributed by atoms with Crippen LogP contribution in [-0.2, 0) is 6.54 Å². The molecule has 0 aliphatic carbocycles. The van der Waals surface area contributed by atoms with Gasteiger partial charge in [-0.1, -0.05) is 23.7 Å². The number of pyridine rings is 2. The lowest BCUT2D eigenvalue weighted by atomic mass is 10.1. The Hall–Kier alpha value is -3.35. The van der Waals surface area contributed by atoms with Crippen LogP contribution in [0.25, 0.3) is 33.4 Å². The van der Waals surface area contributed by atoms with Gasteiger partial charge < -0.3 is 5.32 Å². The first-order valence-electron chi connectivity index (χ1n) is 9.37. The third-order valence-corrected chi connectivity index (χ3v) is 5.88. The smallest absolute Gasteiger partial charge is 0.163 e. The van der Waals surface area contributed by atoms with E-state index >= 15 is 0 Å². The van der Waals surface area contributed by atoms with E-state index in [-0.39, 0.29) is 0 Å². The van der Waals surface area contributed by atoms with E-state index in [0.717, 1.165) is 43.4 Å². The van der Waals surface area contributed by atoms with Crippen LogP contribution in [0.5, 0.6) is 0 Å². The third kappa shape index (κ3) is 3.75. The van der Waals surface area contributed by atoms with Crippen molar-refractivity contribution in [2.24, 2.45) is 0 Å². The van der Waals surface area contributed by atoms with Gasteiger partial charge in [-0.05, 0) is 53.4 Å². The maximum absolute atomic E-state index is 6.37. The summed E-state index contributed by atoms with van der Waals surface area (Å²) in [5.74, 6) is 1.37. The molecule has 5 rings (SSSR count). The van der Waals surface area contributed by atoms with Crippen LogP contribution >= 0.6 is 22.9 Å². The molecule has 0 amide bonds. The van der Waals surface area contributed by atoms with Gasteiger partial charge in [0.1, 0.15) is 10.2 Å². The molecule has 0 unspecified atom stereocenters. The van der Waals surface area contributed by atoms with Gasteiger partial charge in [0.2, 0.25) is 0 Å². The molecule has 7 heteroatoms. The average molecular weight is 430 g/mol. The van der Waals surface area contributed by atoms with Gasteiger partial charge >= 0.3 is 0 Å². The van der Waals surface area contributed by atoms with Gasteiger partial charge in [-0.25, -0.2) is 9.97 Å². The van der Waals surface area contributed by atoms with Gasteiger partial charge in [0.25, 0.3) is 0 Å². The molecule has 30 heavy (non-hydrogen) atoms. The number of halogens is 1. The molecule has 0 aliphatic heterocycles. The van der Waals surface area contributed by atoms with Crippen LogP contribution in [0.1, 0.15) is 5.69 Å². The fourth-order valence-corrected chi connectivity index (χ4v) is 4.20. The second kappa shape index (κ2) is 8.18. The topological polar surface area (TPSA) is 63.6 Å². The Bertz CT molecular complexity index is 1310. The molecule has 5 nitrogen and oxygen atoms in total. The summed E-state index contributed by atoms with van der Waals surface area (Å²) >= 11 is 7.89. The molecule has 4 heterocycles. The lowest BCUT2D eigenvalue weighted by Crippen LogP contribution is -2.05. The normalized spacial score (nSPS) is 11.0. The Kier molecular flexibility index (Phi) is 5.09. The number of fused-ring (bicyclic) bond motifs is 1. The fourth-order valence-electron chi connectivity index (χ4n) is 3.23. The number of hydrogen-bond donors (Lipinski definition) is 1. The molecule has 0 aliphatic rings. The molecule has 1 aromatic carbocycles. The van der Waals surface area contributed by atoms with Crippen LogP contribution in [0.15, 0.2) is 78.6 Å². The van der Waals surface area contributed by atoms with E-state index in [0.29, 0.717) is 12.4 Å². The van der Waals surface area contributed by atoms with Crippen molar-refractivity contribution in [3.05, 3.63) is 88.6 Å². The molecular formula is C23H16ClN5S. The second-order valence-corrected chi connectivity index (χ2v) is 8.17. The van der Waals surface area contributed by atoms with E-state index in [1.807, 2.05) is 53.9 Å². The molecule has 0 radical (unpaired) electrons. The largest absolute Gasteiger partial charge is 0.364 e. The second-order valence-electron chi connectivity index (χ2n) is 6.65. The van der Waals surface area contributed by atoms with Gasteiger partial charge in [0, 0.05) is 35.1 Å². The first-order valence-corrected chi connectivity index (χ1v) is 10.6. The highest BCUT2D eigenvalue weighted by atomic mass is 35.5. The number of rotatable bonds is 5. The highest BCUT2D eigenvalue weighted by Gasteiger charge is 2.13. The summed E-state index contributed by atoms with van der Waals surface area (Å²) in [6.07, 6.45) is 5.29. The van der Waals surface area contributed by atoms with Crippen molar-refractivity contribution in [3.63, 3.8) is 0 Å². The first-order chi connectivity index (χ1) is 14.8. The number of benzene rings is 1. The van der Waals surface area contributed by atoms with Gasteiger partial charge in [0.15, 0.2) is 5.82 Å². The van der Waals surface area contributed by atoms with Crippen LogP contribution in [0.3, 0.4) is 0 Å². The highest BCUT2D eigenvalue weighted by molar-refractivity contribution is 7.15. The minimum Gasteiger partial charge on any atom is -0.364 e. The van der Waals surface area contributed by atoms with Crippen molar-refractivity contribution in [1.82, 2.24) is 19.9 Å². The lowest BCUT2D eigenvalue weighted by Gasteiger charge is -2.12. The zero-order valence-electron chi connectivity index (χ0n) is 15.8. The summed E-state index contributed by atoms with van der Waals surface area (Å²) in [6, 6.07) is 17.8. The van der Waals surface area contributed by atoms with Crippen LogP contribution < -0.4 is 5.32 Å². The maximum Gasteiger partial charge on any atom is 0.163 e. The molecular weight excluding hydrogens is 414 g/mol. The van der Waals surface area contributed by atoms with Crippen molar-refractivity contribution in [3.8, 4) is 22.5 Å². The SMILES string of the molecule is Clc1sccc1-c1ccc2nc(-c3cccnc3)nc(NCc3ccccn3)c2c1. The molecule has 0 bridgehead atoms. The Balaban J connectivity index is 1.62. The van der Waals surface area contributed by atoms with Crippen molar-refractivity contribution < 1.29 is 0 Å². The van der Waals surface area contributed by atoms with Gasteiger partial charge in [-0.15, -0.1) is 11.3 Å². The minimum absolute atomic E-state index is 0.558. The molecule has 146 valence electrons. The number of anilines is 1. The third-order valence-electron chi connectivity index (χ3n) is 4.71. The Morgan fingerprint density at radius 1 is 0.933 bits per heavy atom. The number of hydrogen-bond acceptors (Lipinski definition) is 6. The summed E-state index contributed by atoms with van der Waals surface area (Å²) in [5.41, 5.74) is 4.69. The van der Waals surface area contributed by atoms with Crippen LogP contribution in [0.4, 0.5) is 5.82 Å². The quantitative estimate of drug-likeness (QED) is 0.366. The molecule has 0 atom stereocenters. The molecule has 1 N–H and O–H groups in total. The predicted molar refractivity (Wildman–Crippen MR) is 123 cm³/mol. The van der Waals surface area contributed by atoms with E-state index in [1.165, 1.54) is 11.3 Å². The minimum atomic E-state index is 0.558. The van der Waals surface area contributed by atoms with Crippen LogP contribution in [0.2, 0.25) is 4.34 Å². The highest BCUT2D eigenvalue weighted by Crippen LogP contribution is 2.35. The Labute approximate surface area is 182 Å². The van der Waals surface area contributed by atoms with Gasteiger partial charge in [0.05, 0.1) is 17.8 Å². The number of aromatic nitrogens is 4. The van der Waals surface area contributed by atoms with Crippen molar-refractivity contribution >= 4 is 39.7 Å².